The first-order chi connectivity index (χ1) is 7.75. The molecular weight excluding hydrogens is 196 g/mol. The van der Waals surface area contributed by atoms with E-state index < -0.39 is 0 Å². The first kappa shape index (κ1) is 11.6. The van der Waals surface area contributed by atoms with Gasteiger partial charge in [0.25, 0.3) is 0 Å². The van der Waals surface area contributed by atoms with Crippen LogP contribution in [0.2, 0.25) is 0 Å². The molecule has 1 aliphatic rings. The Kier molecular flexibility index (Phi) is 3.92. The lowest BCUT2D eigenvalue weighted by atomic mass is 9.86. The highest BCUT2D eigenvalue weighted by Crippen LogP contribution is 2.26. The molecule has 0 spiro atoms. The molecule has 0 N–H and O–H groups in total. The van der Waals surface area contributed by atoms with Gasteiger partial charge in [0.2, 0.25) is 0 Å². The fourth-order valence-electron chi connectivity index (χ4n) is 2.47. The van der Waals surface area contributed by atoms with E-state index in [2.05, 4.69) is 36.2 Å². The molecule has 1 aromatic heterocycles. The number of nitrogens with zero attached hydrogens (tertiary/aromatic N) is 2. The summed E-state index contributed by atoms with van der Waals surface area (Å²) in [6, 6.07) is 4.30. The van der Waals surface area contributed by atoms with Gasteiger partial charge in [-0.05, 0) is 30.4 Å². The molecule has 88 valence electrons. The zero-order valence-electron chi connectivity index (χ0n) is 10.4. The standard InChI is InChI=1S/C14H22N2/c1-11(2)14-9-8-13(15-16-14)10-12-6-4-3-5-7-12/h8-9,11-12H,3-7,10H2,1-2H3. The summed E-state index contributed by atoms with van der Waals surface area (Å²) >= 11 is 0. The molecule has 0 aliphatic heterocycles. The predicted molar refractivity (Wildman–Crippen MR) is 66.4 cm³/mol. The van der Waals surface area contributed by atoms with Crippen molar-refractivity contribution in [1.29, 1.82) is 0 Å². The number of hydrogen-bond donors (Lipinski definition) is 0. The molecule has 0 bridgehead atoms. The third-order valence-electron chi connectivity index (χ3n) is 3.55. The molecule has 0 aromatic carbocycles. The highest BCUT2D eigenvalue weighted by Gasteiger charge is 2.14. The Morgan fingerprint density at radius 3 is 2.44 bits per heavy atom. The second-order valence-electron chi connectivity index (χ2n) is 5.31. The number of rotatable bonds is 3. The van der Waals surface area contributed by atoms with Gasteiger partial charge in [-0.25, -0.2) is 0 Å². The van der Waals surface area contributed by atoms with Gasteiger partial charge >= 0.3 is 0 Å². The van der Waals surface area contributed by atoms with Crippen LogP contribution in [-0.4, -0.2) is 10.2 Å². The van der Waals surface area contributed by atoms with E-state index >= 15 is 0 Å². The highest BCUT2D eigenvalue weighted by atomic mass is 15.1. The Hall–Kier alpha value is -0.920. The zero-order valence-corrected chi connectivity index (χ0v) is 10.4. The van der Waals surface area contributed by atoms with Crippen LogP contribution in [0.25, 0.3) is 0 Å². The predicted octanol–water partition coefficient (Wildman–Crippen LogP) is 3.72. The molecule has 1 aromatic rings. The van der Waals surface area contributed by atoms with Crippen LogP contribution in [0.4, 0.5) is 0 Å². The summed E-state index contributed by atoms with van der Waals surface area (Å²) in [5.74, 6) is 1.34. The lowest BCUT2D eigenvalue weighted by Crippen LogP contribution is -2.11. The van der Waals surface area contributed by atoms with Crippen LogP contribution in [0, 0.1) is 5.92 Å². The van der Waals surface area contributed by atoms with Gasteiger partial charge in [-0.2, -0.15) is 10.2 Å². The first-order valence-corrected chi connectivity index (χ1v) is 6.58. The Morgan fingerprint density at radius 2 is 1.88 bits per heavy atom. The summed E-state index contributed by atoms with van der Waals surface area (Å²) in [5.41, 5.74) is 2.28. The normalized spacial score (nSPS) is 17.9. The number of aromatic nitrogens is 2. The van der Waals surface area contributed by atoms with E-state index in [1.54, 1.807) is 0 Å². The molecule has 1 saturated carbocycles. The van der Waals surface area contributed by atoms with Crippen molar-refractivity contribution in [3.63, 3.8) is 0 Å². The van der Waals surface area contributed by atoms with Crippen molar-refractivity contribution < 1.29 is 0 Å². The molecule has 2 rings (SSSR count). The molecular formula is C14H22N2. The average Bonchev–Trinajstić information content (AvgIpc) is 2.31. The Bertz CT molecular complexity index is 310. The van der Waals surface area contributed by atoms with E-state index in [0.29, 0.717) is 5.92 Å². The van der Waals surface area contributed by atoms with Crippen molar-refractivity contribution in [2.45, 2.75) is 58.3 Å². The summed E-state index contributed by atoms with van der Waals surface area (Å²) in [7, 11) is 0. The maximum Gasteiger partial charge on any atom is 0.0656 e. The highest BCUT2D eigenvalue weighted by molar-refractivity contribution is 5.10. The Balaban J connectivity index is 1.93. The molecule has 0 amide bonds. The SMILES string of the molecule is CC(C)c1ccc(CC2CCCCC2)nn1. The van der Waals surface area contributed by atoms with Crippen molar-refractivity contribution in [2.75, 3.05) is 0 Å². The van der Waals surface area contributed by atoms with Gasteiger partial charge in [0.05, 0.1) is 11.4 Å². The maximum absolute atomic E-state index is 4.34. The van der Waals surface area contributed by atoms with E-state index in [1.807, 2.05) is 0 Å². The van der Waals surface area contributed by atoms with E-state index in [-0.39, 0.29) is 0 Å². The van der Waals surface area contributed by atoms with Crippen molar-refractivity contribution in [1.82, 2.24) is 10.2 Å². The van der Waals surface area contributed by atoms with Gasteiger partial charge in [-0.15, -0.1) is 0 Å². The smallest absolute Gasteiger partial charge is 0.0656 e. The summed E-state index contributed by atoms with van der Waals surface area (Å²) in [4.78, 5) is 0. The lowest BCUT2D eigenvalue weighted by Gasteiger charge is -2.20. The fraction of sp³-hybridized carbons (Fsp3) is 0.714. The quantitative estimate of drug-likeness (QED) is 0.772. The van der Waals surface area contributed by atoms with Gasteiger partial charge in [0, 0.05) is 0 Å². The van der Waals surface area contributed by atoms with Crippen molar-refractivity contribution in [2.24, 2.45) is 5.92 Å². The van der Waals surface area contributed by atoms with E-state index in [9.17, 15) is 0 Å². The van der Waals surface area contributed by atoms with Crippen LogP contribution >= 0.6 is 0 Å². The second-order valence-corrected chi connectivity index (χ2v) is 5.31. The summed E-state index contributed by atoms with van der Waals surface area (Å²) in [6.07, 6.45) is 8.13. The largest absolute Gasteiger partial charge is 0.155 e. The monoisotopic (exact) mass is 218 g/mol. The topological polar surface area (TPSA) is 25.8 Å². The van der Waals surface area contributed by atoms with Gasteiger partial charge in [-0.3, -0.25) is 0 Å². The molecule has 0 atom stereocenters. The molecule has 16 heavy (non-hydrogen) atoms. The Morgan fingerprint density at radius 1 is 1.12 bits per heavy atom. The van der Waals surface area contributed by atoms with Crippen molar-refractivity contribution in [3.05, 3.63) is 23.5 Å². The summed E-state index contributed by atoms with van der Waals surface area (Å²) in [5, 5.41) is 8.64. The van der Waals surface area contributed by atoms with Crippen LogP contribution < -0.4 is 0 Å². The zero-order chi connectivity index (χ0) is 11.4. The molecule has 1 fully saturated rings. The van der Waals surface area contributed by atoms with Crippen molar-refractivity contribution >= 4 is 0 Å². The minimum atomic E-state index is 0.483. The molecule has 2 heteroatoms. The van der Waals surface area contributed by atoms with Crippen molar-refractivity contribution in [3.8, 4) is 0 Å². The second kappa shape index (κ2) is 5.42. The minimum absolute atomic E-state index is 0.483. The lowest BCUT2D eigenvalue weighted by molar-refractivity contribution is 0.353. The van der Waals surface area contributed by atoms with Crippen LogP contribution in [0.5, 0.6) is 0 Å². The molecule has 0 unspecified atom stereocenters. The van der Waals surface area contributed by atoms with Gasteiger partial charge in [0.15, 0.2) is 0 Å². The third-order valence-corrected chi connectivity index (χ3v) is 3.55. The molecule has 1 aliphatic carbocycles. The van der Waals surface area contributed by atoms with Crippen LogP contribution in [0.3, 0.4) is 0 Å². The molecule has 1 heterocycles. The minimum Gasteiger partial charge on any atom is -0.155 e. The number of hydrogen-bond acceptors (Lipinski definition) is 2. The molecule has 0 saturated heterocycles. The van der Waals surface area contributed by atoms with E-state index in [4.69, 9.17) is 0 Å². The van der Waals surface area contributed by atoms with E-state index in [1.165, 1.54) is 37.8 Å². The van der Waals surface area contributed by atoms with Crippen LogP contribution in [-0.2, 0) is 6.42 Å². The maximum atomic E-state index is 4.34. The van der Waals surface area contributed by atoms with Crippen LogP contribution in [0.15, 0.2) is 12.1 Å². The van der Waals surface area contributed by atoms with E-state index in [0.717, 1.165) is 18.0 Å². The molecule has 2 nitrogen and oxygen atoms in total. The summed E-state index contributed by atoms with van der Waals surface area (Å²) < 4.78 is 0. The van der Waals surface area contributed by atoms with Gasteiger partial charge in [0.1, 0.15) is 0 Å². The average molecular weight is 218 g/mol. The van der Waals surface area contributed by atoms with Gasteiger partial charge in [-0.1, -0.05) is 46.0 Å². The van der Waals surface area contributed by atoms with Crippen LogP contribution in [0.1, 0.15) is 63.3 Å². The first-order valence-electron chi connectivity index (χ1n) is 6.58. The third kappa shape index (κ3) is 3.03. The van der Waals surface area contributed by atoms with Gasteiger partial charge < -0.3 is 0 Å². The Labute approximate surface area is 98.5 Å². The molecule has 0 radical (unpaired) electrons. The fourth-order valence-corrected chi connectivity index (χ4v) is 2.47. The summed E-state index contributed by atoms with van der Waals surface area (Å²) in [6.45, 7) is 4.32.